The molecule has 1 saturated heterocycles. The molecular formula is C13H16BrNO2. The Hall–Kier alpha value is -0.870. The fourth-order valence-electron chi connectivity index (χ4n) is 1.94. The lowest BCUT2D eigenvalue weighted by Gasteiger charge is -2.36. The number of carbonyl (C=O) groups is 1. The molecule has 92 valence electrons. The van der Waals surface area contributed by atoms with Crippen LogP contribution in [-0.4, -0.2) is 36.1 Å². The van der Waals surface area contributed by atoms with Gasteiger partial charge in [-0.2, -0.15) is 0 Å². The fraction of sp³-hybridized carbons (Fsp3) is 0.462. The number of rotatable bonds is 1. The van der Waals surface area contributed by atoms with Crippen molar-refractivity contribution in [2.45, 2.75) is 26.0 Å². The normalized spacial score (nSPS) is 24.8. The number of amides is 1. The SMILES string of the molecule is CC1CN(C(=O)c2ccc(Br)cc2)C(C)CO1. The van der Waals surface area contributed by atoms with Crippen molar-refractivity contribution in [3.8, 4) is 0 Å². The summed E-state index contributed by atoms with van der Waals surface area (Å²) in [5.74, 6) is 0.0835. The average Bonchev–Trinajstić information content (AvgIpc) is 2.32. The number of hydrogen-bond donors (Lipinski definition) is 0. The first-order valence-electron chi connectivity index (χ1n) is 5.76. The van der Waals surface area contributed by atoms with Crippen molar-refractivity contribution in [3.05, 3.63) is 34.3 Å². The Morgan fingerprint density at radius 2 is 2.00 bits per heavy atom. The largest absolute Gasteiger partial charge is 0.375 e. The van der Waals surface area contributed by atoms with Gasteiger partial charge in [0.1, 0.15) is 0 Å². The standard InChI is InChI=1S/C13H16BrNO2/c1-9-8-17-10(2)7-15(9)13(16)11-3-5-12(14)6-4-11/h3-6,9-10H,7-8H2,1-2H3. The molecule has 1 aliphatic rings. The zero-order chi connectivity index (χ0) is 12.4. The Labute approximate surface area is 110 Å². The summed E-state index contributed by atoms with van der Waals surface area (Å²) < 4.78 is 6.51. The summed E-state index contributed by atoms with van der Waals surface area (Å²) in [6, 6.07) is 7.62. The highest BCUT2D eigenvalue weighted by Gasteiger charge is 2.27. The Balaban J connectivity index is 2.15. The zero-order valence-corrected chi connectivity index (χ0v) is 11.6. The minimum Gasteiger partial charge on any atom is -0.375 e. The summed E-state index contributed by atoms with van der Waals surface area (Å²) >= 11 is 3.37. The lowest BCUT2D eigenvalue weighted by atomic mass is 10.1. The second-order valence-electron chi connectivity index (χ2n) is 4.46. The summed E-state index contributed by atoms with van der Waals surface area (Å²) in [4.78, 5) is 14.2. The minimum atomic E-state index is 0.0835. The van der Waals surface area contributed by atoms with Crippen LogP contribution in [0.5, 0.6) is 0 Å². The summed E-state index contributed by atoms with van der Waals surface area (Å²) in [5, 5.41) is 0. The fourth-order valence-corrected chi connectivity index (χ4v) is 2.21. The number of nitrogens with zero attached hydrogens (tertiary/aromatic N) is 1. The van der Waals surface area contributed by atoms with Gasteiger partial charge in [-0.25, -0.2) is 0 Å². The van der Waals surface area contributed by atoms with Gasteiger partial charge in [0.25, 0.3) is 5.91 Å². The van der Waals surface area contributed by atoms with Crippen molar-refractivity contribution in [2.24, 2.45) is 0 Å². The van der Waals surface area contributed by atoms with Crippen LogP contribution in [0, 0.1) is 0 Å². The number of carbonyl (C=O) groups excluding carboxylic acids is 1. The number of benzene rings is 1. The van der Waals surface area contributed by atoms with E-state index in [0.29, 0.717) is 13.2 Å². The van der Waals surface area contributed by atoms with Crippen LogP contribution >= 0.6 is 15.9 Å². The van der Waals surface area contributed by atoms with E-state index in [-0.39, 0.29) is 18.1 Å². The number of halogens is 1. The van der Waals surface area contributed by atoms with Crippen molar-refractivity contribution in [3.63, 3.8) is 0 Å². The molecule has 0 aromatic heterocycles. The van der Waals surface area contributed by atoms with Crippen molar-refractivity contribution in [1.29, 1.82) is 0 Å². The van der Waals surface area contributed by atoms with Crippen LogP contribution < -0.4 is 0 Å². The van der Waals surface area contributed by atoms with E-state index >= 15 is 0 Å². The van der Waals surface area contributed by atoms with Crippen molar-refractivity contribution in [2.75, 3.05) is 13.2 Å². The molecule has 1 aliphatic heterocycles. The van der Waals surface area contributed by atoms with Crippen LogP contribution in [0.4, 0.5) is 0 Å². The molecule has 0 aliphatic carbocycles. The molecule has 3 nitrogen and oxygen atoms in total. The molecule has 1 heterocycles. The predicted octanol–water partition coefficient (Wildman–Crippen LogP) is 2.70. The van der Waals surface area contributed by atoms with Crippen LogP contribution in [0.3, 0.4) is 0 Å². The van der Waals surface area contributed by atoms with Gasteiger partial charge in [0.15, 0.2) is 0 Å². The van der Waals surface area contributed by atoms with E-state index in [1.165, 1.54) is 0 Å². The average molecular weight is 298 g/mol. The van der Waals surface area contributed by atoms with E-state index in [1.54, 1.807) is 0 Å². The molecule has 0 N–H and O–H groups in total. The van der Waals surface area contributed by atoms with Crippen molar-refractivity contribution in [1.82, 2.24) is 4.90 Å². The topological polar surface area (TPSA) is 29.5 Å². The summed E-state index contributed by atoms with van der Waals surface area (Å²) in [7, 11) is 0. The Morgan fingerprint density at radius 3 is 2.65 bits per heavy atom. The third-order valence-corrected chi connectivity index (χ3v) is 3.49. The van der Waals surface area contributed by atoms with E-state index in [2.05, 4.69) is 15.9 Å². The minimum absolute atomic E-state index is 0.0835. The first-order valence-corrected chi connectivity index (χ1v) is 6.55. The Bertz CT molecular complexity index is 404. The third-order valence-electron chi connectivity index (χ3n) is 2.96. The van der Waals surface area contributed by atoms with Gasteiger partial charge in [-0.15, -0.1) is 0 Å². The summed E-state index contributed by atoms with van der Waals surface area (Å²) in [6.07, 6.45) is 0.116. The van der Waals surface area contributed by atoms with E-state index in [0.717, 1.165) is 10.0 Å². The first-order chi connectivity index (χ1) is 8.08. The van der Waals surface area contributed by atoms with Crippen LogP contribution in [0.2, 0.25) is 0 Å². The highest BCUT2D eigenvalue weighted by Crippen LogP contribution is 2.17. The molecule has 0 spiro atoms. The molecule has 2 atom stereocenters. The van der Waals surface area contributed by atoms with Gasteiger partial charge < -0.3 is 9.64 Å². The highest BCUT2D eigenvalue weighted by molar-refractivity contribution is 9.10. The van der Waals surface area contributed by atoms with Crippen molar-refractivity contribution < 1.29 is 9.53 Å². The molecule has 0 bridgehead atoms. The molecule has 2 rings (SSSR count). The van der Waals surface area contributed by atoms with E-state index in [1.807, 2.05) is 43.0 Å². The van der Waals surface area contributed by atoms with Crippen molar-refractivity contribution >= 4 is 21.8 Å². The lowest BCUT2D eigenvalue weighted by Crippen LogP contribution is -2.50. The monoisotopic (exact) mass is 297 g/mol. The second kappa shape index (κ2) is 5.19. The van der Waals surface area contributed by atoms with Crippen LogP contribution in [-0.2, 0) is 4.74 Å². The number of hydrogen-bond acceptors (Lipinski definition) is 2. The van der Waals surface area contributed by atoms with Gasteiger partial charge in [0, 0.05) is 16.6 Å². The van der Waals surface area contributed by atoms with Crippen LogP contribution in [0.1, 0.15) is 24.2 Å². The maximum absolute atomic E-state index is 12.3. The Kier molecular flexibility index (Phi) is 3.84. The summed E-state index contributed by atoms with van der Waals surface area (Å²) in [5.41, 5.74) is 0.731. The maximum atomic E-state index is 12.3. The molecule has 17 heavy (non-hydrogen) atoms. The lowest BCUT2D eigenvalue weighted by molar-refractivity contribution is -0.0387. The van der Waals surface area contributed by atoms with Gasteiger partial charge in [-0.05, 0) is 38.1 Å². The molecule has 0 radical (unpaired) electrons. The molecular weight excluding hydrogens is 282 g/mol. The smallest absolute Gasteiger partial charge is 0.254 e. The first kappa shape index (κ1) is 12.6. The zero-order valence-electron chi connectivity index (χ0n) is 10.0. The van der Waals surface area contributed by atoms with Gasteiger partial charge in [0.2, 0.25) is 0 Å². The maximum Gasteiger partial charge on any atom is 0.254 e. The molecule has 1 aromatic carbocycles. The molecule has 1 amide bonds. The van der Waals surface area contributed by atoms with Crippen LogP contribution in [0.15, 0.2) is 28.7 Å². The molecule has 2 unspecified atom stereocenters. The predicted molar refractivity (Wildman–Crippen MR) is 70.1 cm³/mol. The second-order valence-corrected chi connectivity index (χ2v) is 5.37. The van der Waals surface area contributed by atoms with E-state index < -0.39 is 0 Å². The van der Waals surface area contributed by atoms with Crippen LogP contribution in [0.25, 0.3) is 0 Å². The van der Waals surface area contributed by atoms with Gasteiger partial charge in [-0.1, -0.05) is 15.9 Å². The highest BCUT2D eigenvalue weighted by atomic mass is 79.9. The molecule has 4 heteroatoms. The molecule has 1 fully saturated rings. The van der Waals surface area contributed by atoms with Gasteiger partial charge in [-0.3, -0.25) is 4.79 Å². The quantitative estimate of drug-likeness (QED) is 0.798. The third kappa shape index (κ3) is 2.87. The van der Waals surface area contributed by atoms with Gasteiger partial charge in [0.05, 0.1) is 18.8 Å². The number of morpholine rings is 1. The molecule has 1 aromatic rings. The Morgan fingerprint density at radius 1 is 1.35 bits per heavy atom. The van der Waals surface area contributed by atoms with Gasteiger partial charge >= 0.3 is 0 Å². The van der Waals surface area contributed by atoms with E-state index in [9.17, 15) is 4.79 Å². The summed E-state index contributed by atoms with van der Waals surface area (Å²) in [6.45, 7) is 5.29. The molecule has 0 saturated carbocycles. The van der Waals surface area contributed by atoms with E-state index in [4.69, 9.17) is 4.74 Å². The number of ether oxygens (including phenoxy) is 1.